The second kappa shape index (κ2) is 9.93. The highest BCUT2D eigenvalue weighted by molar-refractivity contribution is 6.33. The van der Waals surface area contributed by atoms with E-state index >= 15 is 0 Å². The van der Waals surface area contributed by atoms with Crippen LogP contribution in [-0.2, 0) is 6.42 Å². The van der Waals surface area contributed by atoms with E-state index in [1.807, 2.05) is 19.1 Å². The van der Waals surface area contributed by atoms with Gasteiger partial charge >= 0.3 is 5.91 Å². The SMILES string of the molecule is Cc1ccc(C(=O)N/N=C2\CCCc3oc(C(=O)NNC(=O)c4ccccc4Cl)c(C)c32)cc1. The van der Waals surface area contributed by atoms with Gasteiger partial charge in [0.05, 0.1) is 16.3 Å². The lowest BCUT2D eigenvalue weighted by Crippen LogP contribution is -2.41. The Morgan fingerprint density at radius 3 is 2.35 bits per heavy atom. The van der Waals surface area contributed by atoms with Crippen LogP contribution >= 0.6 is 11.6 Å². The Morgan fingerprint density at radius 1 is 0.912 bits per heavy atom. The number of hydrazone groups is 1. The van der Waals surface area contributed by atoms with Crippen molar-refractivity contribution < 1.29 is 18.8 Å². The maximum absolute atomic E-state index is 12.7. The molecular weight excluding hydrogens is 456 g/mol. The van der Waals surface area contributed by atoms with E-state index in [4.69, 9.17) is 16.0 Å². The number of rotatable bonds is 4. The number of amides is 3. The van der Waals surface area contributed by atoms with Crippen LogP contribution in [0.1, 0.15) is 66.6 Å². The largest absolute Gasteiger partial charge is 0.455 e. The maximum atomic E-state index is 12.7. The number of hydrazine groups is 1. The fraction of sp³-hybridized carbons (Fsp3) is 0.200. The van der Waals surface area contributed by atoms with E-state index in [0.29, 0.717) is 41.0 Å². The van der Waals surface area contributed by atoms with Crippen LogP contribution in [0.3, 0.4) is 0 Å². The molecule has 0 bridgehead atoms. The minimum Gasteiger partial charge on any atom is -0.455 e. The van der Waals surface area contributed by atoms with E-state index < -0.39 is 11.8 Å². The number of halogens is 1. The van der Waals surface area contributed by atoms with Crippen LogP contribution in [0.25, 0.3) is 0 Å². The van der Waals surface area contributed by atoms with Crippen LogP contribution < -0.4 is 16.3 Å². The van der Waals surface area contributed by atoms with Gasteiger partial charge in [0.15, 0.2) is 5.76 Å². The predicted molar refractivity (Wildman–Crippen MR) is 128 cm³/mol. The number of carbonyl (C=O) groups excluding carboxylic acids is 3. The molecule has 0 aliphatic heterocycles. The van der Waals surface area contributed by atoms with Crippen molar-refractivity contribution >= 4 is 35.0 Å². The lowest BCUT2D eigenvalue weighted by molar-refractivity contribution is 0.0829. The summed E-state index contributed by atoms with van der Waals surface area (Å²) in [5.74, 6) is -0.774. The first-order valence-corrected chi connectivity index (χ1v) is 11.1. The number of hydrogen-bond acceptors (Lipinski definition) is 5. The molecule has 3 aromatic rings. The number of fused-ring (bicyclic) bond motifs is 1. The second-order valence-electron chi connectivity index (χ2n) is 7.96. The second-order valence-corrected chi connectivity index (χ2v) is 8.37. The van der Waals surface area contributed by atoms with Crippen molar-refractivity contribution in [3.8, 4) is 0 Å². The molecule has 34 heavy (non-hydrogen) atoms. The van der Waals surface area contributed by atoms with Crippen molar-refractivity contribution in [2.75, 3.05) is 0 Å². The molecule has 2 aromatic carbocycles. The molecule has 0 unspecified atom stereocenters. The Balaban J connectivity index is 1.48. The zero-order valence-corrected chi connectivity index (χ0v) is 19.5. The standard InChI is InChI=1S/C25H23ClN4O4/c1-14-10-12-16(13-11-14)23(31)28-27-19-8-5-9-20-21(19)15(2)22(34-20)25(33)30-29-24(32)17-6-3-4-7-18(17)26/h3-4,6-7,10-13H,5,8-9H2,1-2H3,(H,28,31)(H,29,32)(H,30,33)/b27-19+. The highest BCUT2D eigenvalue weighted by atomic mass is 35.5. The van der Waals surface area contributed by atoms with Crippen molar-refractivity contribution in [2.24, 2.45) is 5.10 Å². The number of aryl methyl sites for hydroxylation is 2. The molecule has 1 heterocycles. The highest BCUT2D eigenvalue weighted by Crippen LogP contribution is 2.29. The summed E-state index contributed by atoms with van der Waals surface area (Å²) in [6.45, 7) is 3.69. The van der Waals surface area contributed by atoms with Gasteiger partial charge in [-0.3, -0.25) is 25.2 Å². The minimum absolute atomic E-state index is 0.0731. The third-order valence-electron chi connectivity index (χ3n) is 5.55. The van der Waals surface area contributed by atoms with Crippen molar-refractivity contribution in [3.63, 3.8) is 0 Å². The van der Waals surface area contributed by atoms with Gasteiger partial charge in [0.2, 0.25) is 0 Å². The Kier molecular flexibility index (Phi) is 6.79. The van der Waals surface area contributed by atoms with E-state index in [1.165, 1.54) is 0 Å². The smallest absolute Gasteiger partial charge is 0.305 e. The van der Waals surface area contributed by atoms with Gasteiger partial charge in [0.25, 0.3) is 11.8 Å². The lowest BCUT2D eigenvalue weighted by atomic mass is 9.93. The summed E-state index contributed by atoms with van der Waals surface area (Å²) in [5, 5.41) is 4.59. The average molecular weight is 479 g/mol. The Bertz CT molecular complexity index is 1290. The summed E-state index contributed by atoms with van der Waals surface area (Å²) in [6.07, 6.45) is 2.04. The zero-order valence-electron chi connectivity index (χ0n) is 18.7. The Morgan fingerprint density at radius 2 is 1.62 bits per heavy atom. The summed E-state index contributed by atoms with van der Waals surface area (Å²) in [7, 11) is 0. The van der Waals surface area contributed by atoms with Crippen molar-refractivity contribution in [1.82, 2.24) is 16.3 Å². The van der Waals surface area contributed by atoms with Crippen LogP contribution in [0.4, 0.5) is 0 Å². The molecule has 3 N–H and O–H groups in total. The molecule has 0 saturated carbocycles. The van der Waals surface area contributed by atoms with E-state index in [2.05, 4.69) is 21.4 Å². The van der Waals surface area contributed by atoms with E-state index in [9.17, 15) is 14.4 Å². The molecule has 0 saturated heterocycles. The first-order chi connectivity index (χ1) is 16.3. The van der Waals surface area contributed by atoms with Crippen LogP contribution in [0.15, 0.2) is 58.0 Å². The summed E-state index contributed by atoms with van der Waals surface area (Å²) in [5.41, 5.74) is 11.0. The maximum Gasteiger partial charge on any atom is 0.305 e. The predicted octanol–water partition coefficient (Wildman–Crippen LogP) is 4.10. The molecule has 0 spiro atoms. The van der Waals surface area contributed by atoms with E-state index in [-0.39, 0.29) is 22.3 Å². The Hall–Kier alpha value is -3.91. The average Bonchev–Trinajstić information content (AvgIpc) is 3.18. The molecule has 3 amide bonds. The third-order valence-corrected chi connectivity index (χ3v) is 5.88. The van der Waals surface area contributed by atoms with Crippen LogP contribution in [0, 0.1) is 13.8 Å². The first-order valence-electron chi connectivity index (χ1n) is 10.8. The molecule has 0 atom stereocenters. The van der Waals surface area contributed by atoms with Gasteiger partial charge in [-0.05, 0) is 51.0 Å². The number of nitrogens with zero attached hydrogens (tertiary/aromatic N) is 1. The van der Waals surface area contributed by atoms with Gasteiger partial charge in [0, 0.05) is 23.1 Å². The number of hydrogen-bond donors (Lipinski definition) is 3. The molecule has 1 aromatic heterocycles. The molecular formula is C25H23ClN4O4. The highest BCUT2D eigenvalue weighted by Gasteiger charge is 2.28. The van der Waals surface area contributed by atoms with Crippen molar-refractivity contribution in [2.45, 2.75) is 33.1 Å². The molecule has 8 nitrogen and oxygen atoms in total. The normalized spacial score (nSPS) is 13.8. The number of furan rings is 1. The molecule has 1 aliphatic rings. The van der Waals surface area contributed by atoms with Crippen molar-refractivity contribution in [3.05, 3.63) is 92.9 Å². The minimum atomic E-state index is -0.602. The molecule has 0 fully saturated rings. The zero-order chi connectivity index (χ0) is 24.2. The molecule has 174 valence electrons. The third kappa shape index (κ3) is 4.87. The lowest BCUT2D eigenvalue weighted by Gasteiger charge is -2.13. The van der Waals surface area contributed by atoms with Gasteiger partial charge in [-0.25, -0.2) is 5.43 Å². The molecule has 0 radical (unpaired) electrons. The van der Waals surface area contributed by atoms with Gasteiger partial charge in [0.1, 0.15) is 5.76 Å². The summed E-state index contributed by atoms with van der Waals surface area (Å²) >= 11 is 6.02. The molecule has 9 heteroatoms. The summed E-state index contributed by atoms with van der Waals surface area (Å²) in [6, 6.07) is 13.7. The van der Waals surface area contributed by atoms with Crippen LogP contribution in [-0.4, -0.2) is 23.4 Å². The Labute approximate surface area is 201 Å². The first kappa shape index (κ1) is 23.3. The van der Waals surface area contributed by atoms with Gasteiger partial charge < -0.3 is 4.42 Å². The van der Waals surface area contributed by atoms with Gasteiger partial charge in [-0.15, -0.1) is 0 Å². The van der Waals surface area contributed by atoms with Crippen LogP contribution in [0.5, 0.6) is 0 Å². The quantitative estimate of drug-likeness (QED) is 0.490. The van der Waals surface area contributed by atoms with Gasteiger partial charge in [-0.2, -0.15) is 5.10 Å². The topological polar surface area (TPSA) is 113 Å². The van der Waals surface area contributed by atoms with Crippen molar-refractivity contribution in [1.29, 1.82) is 0 Å². The van der Waals surface area contributed by atoms with Crippen LogP contribution in [0.2, 0.25) is 5.02 Å². The molecule has 1 aliphatic carbocycles. The summed E-state index contributed by atoms with van der Waals surface area (Å²) in [4.78, 5) is 37.5. The fourth-order valence-corrected chi connectivity index (χ4v) is 3.99. The number of carbonyl (C=O) groups is 3. The monoisotopic (exact) mass is 478 g/mol. The summed E-state index contributed by atoms with van der Waals surface area (Å²) < 4.78 is 5.81. The number of benzene rings is 2. The molecule has 4 rings (SSSR count). The van der Waals surface area contributed by atoms with E-state index in [1.54, 1.807) is 43.3 Å². The van der Waals surface area contributed by atoms with E-state index in [0.717, 1.165) is 12.0 Å². The van der Waals surface area contributed by atoms with Gasteiger partial charge in [-0.1, -0.05) is 41.4 Å². The number of nitrogens with one attached hydrogen (secondary N) is 3. The fourth-order valence-electron chi connectivity index (χ4n) is 3.77.